The Hall–Kier alpha value is -0.860. The van der Waals surface area contributed by atoms with Crippen LogP contribution in [0.25, 0.3) is 0 Å². The van der Waals surface area contributed by atoms with Crippen molar-refractivity contribution in [3.63, 3.8) is 0 Å². The summed E-state index contributed by atoms with van der Waals surface area (Å²) in [4.78, 5) is 0. The van der Waals surface area contributed by atoms with Gasteiger partial charge >= 0.3 is 0 Å². The van der Waals surface area contributed by atoms with Gasteiger partial charge in [0, 0.05) is 18.6 Å². The molecule has 2 nitrogen and oxygen atoms in total. The molecule has 3 unspecified atom stereocenters. The molecule has 1 aliphatic heterocycles. The van der Waals surface area contributed by atoms with E-state index in [0.717, 1.165) is 19.6 Å². The molecule has 1 N–H and O–H groups in total. The van der Waals surface area contributed by atoms with Crippen molar-refractivity contribution in [3.05, 3.63) is 34.9 Å². The Bertz CT molecular complexity index is 382. The van der Waals surface area contributed by atoms with Crippen LogP contribution < -0.4 is 5.32 Å². The van der Waals surface area contributed by atoms with Crippen molar-refractivity contribution in [3.8, 4) is 0 Å². The standard InChI is InChI=1S/C16H25NO/c1-5-17-16(15-6-7-18-13(15)4)14-9-11(2)8-12(3)10-14/h8-10,13,15-17H,5-7H2,1-4H3. The van der Waals surface area contributed by atoms with Crippen LogP contribution in [-0.4, -0.2) is 19.3 Å². The number of rotatable bonds is 4. The van der Waals surface area contributed by atoms with Crippen molar-refractivity contribution in [2.24, 2.45) is 5.92 Å². The lowest BCUT2D eigenvalue weighted by molar-refractivity contribution is 0.0955. The van der Waals surface area contributed by atoms with E-state index in [9.17, 15) is 0 Å². The molecule has 0 radical (unpaired) electrons. The van der Waals surface area contributed by atoms with Crippen molar-refractivity contribution in [2.45, 2.75) is 46.3 Å². The van der Waals surface area contributed by atoms with E-state index in [1.807, 2.05) is 0 Å². The van der Waals surface area contributed by atoms with E-state index in [1.54, 1.807) is 0 Å². The third-order valence-electron chi connectivity index (χ3n) is 3.89. The molecule has 1 heterocycles. The van der Waals surface area contributed by atoms with Gasteiger partial charge in [0.1, 0.15) is 0 Å². The van der Waals surface area contributed by atoms with Crippen LogP contribution in [0.5, 0.6) is 0 Å². The second kappa shape index (κ2) is 5.85. The van der Waals surface area contributed by atoms with Crippen LogP contribution in [0.2, 0.25) is 0 Å². The molecule has 0 aromatic heterocycles. The minimum Gasteiger partial charge on any atom is -0.378 e. The average molecular weight is 247 g/mol. The summed E-state index contributed by atoms with van der Waals surface area (Å²) in [7, 11) is 0. The molecular formula is C16H25NO. The first-order valence-electron chi connectivity index (χ1n) is 7.05. The molecule has 2 heteroatoms. The van der Waals surface area contributed by atoms with Gasteiger partial charge in [-0.15, -0.1) is 0 Å². The van der Waals surface area contributed by atoms with Crippen LogP contribution in [0, 0.1) is 19.8 Å². The molecule has 1 aliphatic rings. The first-order valence-corrected chi connectivity index (χ1v) is 7.05. The van der Waals surface area contributed by atoms with Crippen LogP contribution in [0.1, 0.15) is 43.0 Å². The number of aryl methyl sites for hydroxylation is 2. The van der Waals surface area contributed by atoms with Crippen molar-refractivity contribution in [1.82, 2.24) is 5.32 Å². The molecule has 1 saturated heterocycles. The van der Waals surface area contributed by atoms with Crippen LogP contribution in [0.3, 0.4) is 0 Å². The Kier molecular flexibility index (Phi) is 4.41. The van der Waals surface area contributed by atoms with E-state index in [0.29, 0.717) is 18.1 Å². The minimum atomic E-state index is 0.356. The number of nitrogens with one attached hydrogen (secondary N) is 1. The zero-order chi connectivity index (χ0) is 13.1. The summed E-state index contributed by atoms with van der Waals surface area (Å²) < 4.78 is 5.73. The molecule has 1 aromatic rings. The van der Waals surface area contributed by atoms with Crippen LogP contribution >= 0.6 is 0 Å². The highest BCUT2D eigenvalue weighted by molar-refractivity contribution is 5.31. The molecular weight excluding hydrogens is 222 g/mol. The fourth-order valence-electron chi connectivity index (χ4n) is 3.11. The average Bonchev–Trinajstić information content (AvgIpc) is 2.71. The van der Waals surface area contributed by atoms with Gasteiger partial charge in [-0.3, -0.25) is 0 Å². The molecule has 1 fully saturated rings. The van der Waals surface area contributed by atoms with Crippen LogP contribution in [0.4, 0.5) is 0 Å². The molecule has 100 valence electrons. The molecule has 0 amide bonds. The summed E-state index contributed by atoms with van der Waals surface area (Å²) in [6.45, 7) is 10.6. The molecule has 0 spiro atoms. The van der Waals surface area contributed by atoms with Crippen LogP contribution in [-0.2, 0) is 4.74 Å². The first-order chi connectivity index (χ1) is 8.61. The van der Waals surface area contributed by atoms with Crippen molar-refractivity contribution >= 4 is 0 Å². The third kappa shape index (κ3) is 2.93. The Balaban J connectivity index is 2.28. The molecule has 0 bridgehead atoms. The fourth-order valence-corrected chi connectivity index (χ4v) is 3.11. The minimum absolute atomic E-state index is 0.356. The second-order valence-electron chi connectivity index (χ2n) is 5.48. The van der Waals surface area contributed by atoms with Gasteiger partial charge in [0.15, 0.2) is 0 Å². The summed E-state index contributed by atoms with van der Waals surface area (Å²) in [5.41, 5.74) is 4.11. The summed E-state index contributed by atoms with van der Waals surface area (Å²) in [5, 5.41) is 3.65. The molecule has 1 aromatic carbocycles. The van der Waals surface area contributed by atoms with Gasteiger partial charge in [0.25, 0.3) is 0 Å². The lowest BCUT2D eigenvalue weighted by Crippen LogP contribution is -2.31. The normalized spacial score (nSPS) is 25.3. The molecule has 0 aliphatic carbocycles. The number of benzene rings is 1. The van der Waals surface area contributed by atoms with Gasteiger partial charge in [-0.1, -0.05) is 36.2 Å². The third-order valence-corrected chi connectivity index (χ3v) is 3.89. The van der Waals surface area contributed by atoms with Crippen molar-refractivity contribution in [2.75, 3.05) is 13.2 Å². The Labute approximate surface area is 111 Å². The first kappa shape index (κ1) is 13.6. The van der Waals surface area contributed by atoms with E-state index >= 15 is 0 Å². The quantitative estimate of drug-likeness (QED) is 0.880. The van der Waals surface area contributed by atoms with Crippen molar-refractivity contribution in [1.29, 1.82) is 0 Å². The second-order valence-corrected chi connectivity index (χ2v) is 5.48. The van der Waals surface area contributed by atoms with E-state index < -0.39 is 0 Å². The van der Waals surface area contributed by atoms with Gasteiger partial charge < -0.3 is 10.1 Å². The molecule has 0 saturated carbocycles. The topological polar surface area (TPSA) is 21.3 Å². The predicted molar refractivity (Wildman–Crippen MR) is 75.9 cm³/mol. The zero-order valence-electron chi connectivity index (χ0n) is 12.0. The highest BCUT2D eigenvalue weighted by Gasteiger charge is 2.32. The highest BCUT2D eigenvalue weighted by atomic mass is 16.5. The van der Waals surface area contributed by atoms with Crippen LogP contribution in [0.15, 0.2) is 18.2 Å². The maximum atomic E-state index is 5.73. The number of ether oxygens (including phenoxy) is 1. The zero-order valence-corrected chi connectivity index (χ0v) is 12.0. The number of hydrogen-bond donors (Lipinski definition) is 1. The van der Waals surface area contributed by atoms with E-state index in [4.69, 9.17) is 4.74 Å². The maximum absolute atomic E-state index is 5.73. The Morgan fingerprint density at radius 3 is 2.44 bits per heavy atom. The fraction of sp³-hybridized carbons (Fsp3) is 0.625. The summed E-state index contributed by atoms with van der Waals surface area (Å²) >= 11 is 0. The SMILES string of the molecule is CCNC(c1cc(C)cc(C)c1)C1CCOC1C. The van der Waals surface area contributed by atoms with Gasteiger partial charge in [-0.2, -0.15) is 0 Å². The number of hydrogen-bond acceptors (Lipinski definition) is 2. The Morgan fingerprint density at radius 2 is 1.94 bits per heavy atom. The van der Waals surface area contributed by atoms with E-state index in [1.165, 1.54) is 16.7 Å². The van der Waals surface area contributed by atoms with Gasteiger partial charge in [-0.25, -0.2) is 0 Å². The van der Waals surface area contributed by atoms with E-state index in [-0.39, 0.29) is 0 Å². The lowest BCUT2D eigenvalue weighted by atomic mass is 9.87. The summed E-state index contributed by atoms with van der Waals surface area (Å²) in [6.07, 6.45) is 1.51. The monoisotopic (exact) mass is 247 g/mol. The largest absolute Gasteiger partial charge is 0.378 e. The summed E-state index contributed by atoms with van der Waals surface area (Å²) in [6, 6.07) is 7.28. The van der Waals surface area contributed by atoms with Crippen molar-refractivity contribution < 1.29 is 4.74 Å². The smallest absolute Gasteiger partial charge is 0.0594 e. The van der Waals surface area contributed by atoms with E-state index in [2.05, 4.69) is 51.2 Å². The van der Waals surface area contributed by atoms with Gasteiger partial charge in [-0.05, 0) is 39.3 Å². The van der Waals surface area contributed by atoms with Gasteiger partial charge in [0.2, 0.25) is 0 Å². The molecule has 2 rings (SSSR count). The lowest BCUT2D eigenvalue weighted by Gasteiger charge is -2.27. The predicted octanol–water partition coefficient (Wildman–Crippen LogP) is 3.38. The molecule has 18 heavy (non-hydrogen) atoms. The summed E-state index contributed by atoms with van der Waals surface area (Å²) in [5.74, 6) is 0.589. The Morgan fingerprint density at radius 1 is 1.28 bits per heavy atom. The van der Waals surface area contributed by atoms with Gasteiger partial charge in [0.05, 0.1) is 6.10 Å². The molecule has 3 atom stereocenters. The highest BCUT2D eigenvalue weighted by Crippen LogP contribution is 2.33. The maximum Gasteiger partial charge on any atom is 0.0594 e.